The quantitative estimate of drug-likeness (QED) is 0.452. The number of nitrogens with zero attached hydrogens (tertiary/aromatic N) is 1. The minimum atomic E-state index is -4.80. The molecule has 0 unspecified atom stereocenters. The van der Waals surface area contributed by atoms with Crippen molar-refractivity contribution in [3.63, 3.8) is 0 Å². The first-order chi connectivity index (χ1) is 14.0. The molecule has 0 amide bonds. The first kappa shape index (κ1) is 21.3. The lowest BCUT2D eigenvalue weighted by atomic mass is 10.1. The van der Waals surface area contributed by atoms with Gasteiger partial charge in [0, 0.05) is 23.3 Å². The van der Waals surface area contributed by atoms with Crippen LogP contribution in [-0.2, 0) is 0 Å². The Bertz CT molecular complexity index is 921. The Morgan fingerprint density at radius 2 is 0.967 bits per heavy atom. The highest BCUT2D eigenvalue weighted by molar-refractivity contribution is 5.69. The fraction of sp³-hybridized carbons (Fsp3) is 0.150. The van der Waals surface area contributed by atoms with Crippen LogP contribution in [0.3, 0.4) is 0 Å². The van der Waals surface area contributed by atoms with Crippen LogP contribution in [0, 0.1) is 0 Å². The van der Waals surface area contributed by atoms with Crippen molar-refractivity contribution in [1.29, 1.82) is 0 Å². The van der Waals surface area contributed by atoms with E-state index in [1.165, 1.54) is 31.4 Å². The van der Waals surface area contributed by atoms with E-state index in [9.17, 15) is 26.3 Å². The van der Waals surface area contributed by atoms with Gasteiger partial charge in [-0.25, -0.2) is 4.98 Å². The van der Waals surface area contributed by atoms with Crippen LogP contribution in [0.15, 0.2) is 60.7 Å². The molecule has 0 N–H and O–H groups in total. The number of pyridine rings is 1. The standard InChI is InChI=1S/C20H13F6NO3/c1-28-16-10-17(12-2-6-14(7-3-12)29-19(21,22)23)27-18(11-16)13-4-8-15(9-5-13)30-20(24,25)26/h2-11H,1H3. The summed E-state index contributed by atoms with van der Waals surface area (Å²) in [5, 5.41) is 0. The van der Waals surface area contributed by atoms with Crippen molar-refractivity contribution in [1.82, 2.24) is 4.98 Å². The second-order valence-electron chi connectivity index (χ2n) is 5.92. The Morgan fingerprint density at radius 1 is 0.600 bits per heavy atom. The zero-order valence-corrected chi connectivity index (χ0v) is 15.2. The Balaban J connectivity index is 1.90. The number of rotatable bonds is 5. The monoisotopic (exact) mass is 429 g/mol. The predicted molar refractivity (Wildman–Crippen MR) is 95.0 cm³/mol. The van der Waals surface area contributed by atoms with E-state index >= 15 is 0 Å². The van der Waals surface area contributed by atoms with Gasteiger partial charge in [0.05, 0.1) is 18.5 Å². The first-order valence-corrected chi connectivity index (χ1v) is 8.31. The molecule has 0 fully saturated rings. The molecule has 0 radical (unpaired) electrons. The number of ether oxygens (including phenoxy) is 3. The fourth-order valence-corrected chi connectivity index (χ4v) is 2.57. The summed E-state index contributed by atoms with van der Waals surface area (Å²) in [7, 11) is 1.42. The van der Waals surface area contributed by atoms with E-state index in [4.69, 9.17) is 4.74 Å². The second-order valence-corrected chi connectivity index (χ2v) is 5.92. The number of methoxy groups -OCH3 is 1. The maximum absolute atomic E-state index is 12.3. The van der Waals surface area contributed by atoms with E-state index in [0.29, 0.717) is 28.3 Å². The largest absolute Gasteiger partial charge is 0.573 e. The summed E-state index contributed by atoms with van der Waals surface area (Å²) in [6.45, 7) is 0. The van der Waals surface area contributed by atoms with Gasteiger partial charge < -0.3 is 14.2 Å². The van der Waals surface area contributed by atoms with Crippen LogP contribution in [0.1, 0.15) is 0 Å². The Labute approximate surface area is 166 Å². The molecule has 3 rings (SSSR count). The second kappa shape index (κ2) is 8.13. The predicted octanol–water partition coefficient (Wildman–Crippen LogP) is 6.22. The molecule has 158 valence electrons. The molecule has 2 aromatic carbocycles. The molecule has 0 atom stereocenters. The molecule has 30 heavy (non-hydrogen) atoms. The van der Waals surface area contributed by atoms with E-state index in [1.54, 1.807) is 12.1 Å². The van der Waals surface area contributed by atoms with Crippen LogP contribution < -0.4 is 14.2 Å². The van der Waals surface area contributed by atoms with Gasteiger partial charge in [0.1, 0.15) is 17.2 Å². The molecule has 0 aliphatic carbocycles. The van der Waals surface area contributed by atoms with Crippen LogP contribution in [-0.4, -0.2) is 24.8 Å². The minimum Gasteiger partial charge on any atom is -0.497 e. The summed E-state index contributed by atoms with van der Waals surface area (Å²) in [5.41, 5.74) is 1.75. The molecule has 0 saturated carbocycles. The van der Waals surface area contributed by atoms with Crippen LogP contribution in [0.4, 0.5) is 26.3 Å². The fourth-order valence-electron chi connectivity index (χ4n) is 2.57. The molecule has 0 aliphatic rings. The highest BCUT2D eigenvalue weighted by atomic mass is 19.4. The van der Waals surface area contributed by atoms with E-state index < -0.39 is 12.7 Å². The minimum absolute atomic E-state index is 0.380. The Kier molecular flexibility index (Phi) is 5.77. The van der Waals surface area contributed by atoms with Crippen LogP contribution in [0.5, 0.6) is 17.2 Å². The van der Waals surface area contributed by atoms with Gasteiger partial charge >= 0.3 is 12.7 Å². The van der Waals surface area contributed by atoms with Gasteiger partial charge in [-0.3, -0.25) is 0 Å². The molecule has 0 saturated heterocycles. The van der Waals surface area contributed by atoms with Gasteiger partial charge in [-0.1, -0.05) is 0 Å². The Hall–Kier alpha value is -3.43. The highest BCUT2D eigenvalue weighted by Gasteiger charge is 2.31. The SMILES string of the molecule is COc1cc(-c2ccc(OC(F)(F)F)cc2)nc(-c2ccc(OC(F)(F)F)cc2)c1. The normalized spacial score (nSPS) is 11.8. The first-order valence-electron chi connectivity index (χ1n) is 8.31. The number of hydrogen-bond acceptors (Lipinski definition) is 4. The summed E-state index contributed by atoms with van der Waals surface area (Å²) in [6.07, 6.45) is -9.60. The van der Waals surface area contributed by atoms with Gasteiger partial charge in [0.25, 0.3) is 0 Å². The molecule has 0 bridgehead atoms. The van der Waals surface area contributed by atoms with Crippen molar-refractivity contribution in [2.75, 3.05) is 7.11 Å². The van der Waals surface area contributed by atoms with Gasteiger partial charge in [0.15, 0.2) is 0 Å². The summed E-state index contributed by atoms with van der Waals surface area (Å²) < 4.78 is 86.7. The molecule has 4 nitrogen and oxygen atoms in total. The van der Waals surface area contributed by atoms with Crippen molar-refractivity contribution < 1.29 is 40.6 Å². The maximum atomic E-state index is 12.3. The topological polar surface area (TPSA) is 40.6 Å². The van der Waals surface area contributed by atoms with Crippen LogP contribution in [0.25, 0.3) is 22.5 Å². The third-order valence-electron chi connectivity index (χ3n) is 3.80. The number of halogens is 6. The third-order valence-corrected chi connectivity index (χ3v) is 3.80. The molecule has 0 spiro atoms. The molecular weight excluding hydrogens is 416 g/mol. The summed E-state index contributed by atoms with van der Waals surface area (Å²) in [6, 6.07) is 13.3. The number of hydrogen-bond donors (Lipinski definition) is 0. The summed E-state index contributed by atoms with van der Waals surface area (Å²) in [5.74, 6) is -0.356. The number of aromatic nitrogens is 1. The summed E-state index contributed by atoms with van der Waals surface area (Å²) in [4.78, 5) is 4.42. The number of alkyl halides is 6. The third kappa shape index (κ3) is 5.79. The van der Waals surface area contributed by atoms with Crippen LogP contribution in [0.2, 0.25) is 0 Å². The smallest absolute Gasteiger partial charge is 0.497 e. The zero-order chi connectivity index (χ0) is 21.9. The van der Waals surface area contributed by atoms with Crippen molar-refractivity contribution in [3.05, 3.63) is 60.7 Å². The molecule has 1 heterocycles. The maximum Gasteiger partial charge on any atom is 0.573 e. The lowest BCUT2D eigenvalue weighted by molar-refractivity contribution is -0.275. The van der Waals surface area contributed by atoms with Crippen LogP contribution >= 0.6 is 0 Å². The van der Waals surface area contributed by atoms with Gasteiger partial charge in [-0.2, -0.15) is 0 Å². The van der Waals surface area contributed by atoms with Crippen molar-refractivity contribution in [3.8, 4) is 39.8 Å². The van der Waals surface area contributed by atoms with Gasteiger partial charge in [-0.15, -0.1) is 26.3 Å². The van der Waals surface area contributed by atoms with E-state index in [-0.39, 0.29) is 11.5 Å². The van der Waals surface area contributed by atoms with Crippen molar-refractivity contribution in [2.24, 2.45) is 0 Å². The van der Waals surface area contributed by atoms with Crippen molar-refractivity contribution >= 4 is 0 Å². The highest BCUT2D eigenvalue weighted by Crippen LogP contribution is 2.31. The molecule has 10 heteroatoms. The molecular formula is C20H13F6NO3. The van der Waals surface area contributed by atoms with E-state index in [1.807, 2.05) is 0 Å². The van der Waals surface area contributed by atoms with E-state index in [2.05, 4.69) is 14.5 Å². The molecule has 0 aliphatic heterocycles. The average Bonchev–Trinajstić information content (AvgIpc) is 2.66. The lowest BCUT2D eigenvalue weighted by Gasteiger charge is -2.12. The number of benzene rings is 2. The average molecular weight is 429 g/mol. The van der Waals surface area contributed by atoms with Crippen molar-refractivity contribution in [2.45, 2.75) is 12.7 Å². The zero-order valence-electron chi connectivity index (χ0n) is 15.2. The van der Waals surface area contributed by atoms with Gasteiger partial charge in [-0.05, 0) is 48.5 Å². The molecule has 1 aromatic heterocycles. The Morgan fingerprint density at radius 3 is 1.27 bits per heavy atom. The molecule has 3 aromatic rings. The van der Waals surface area contributed by atoms with Gasteiger partial charge in [0.2, 0.25) is 0 Å². The van der Waals surface area contributed by atoms with E-state index in [0.717, 1.165) is 24.3 Å². The lowest BCUT2D eigenvalue weighted by Crippen LogP contribution is -2.16. The summed E-state index contributed by atoms with van der Waals surface area (Å²) >= 11 is 0.